The molecule has 0 bridgehead atoms. The van der Waals surface area contributed by atoms with Crippen molar-refractivity contribution in [2.75, 3.05) is 172 Å². The molecule has 0 aliphatic heterocycles. The minimum Gasteiger partial charge on any atom is -0.379 e. The van der Waals surface area contributed by atoms with Crippen LogP contribution >= 0.6 is 0 Å². The van der Waals surface area contributed by atoms with Crippen molar-refractivity contribution in [3.05, 3.63) is 0 Å². The number of ether oxygens (including phenoxy) is 13. The molecule has 0 saturated carbocycles. The van der Waals surface area contributed by atoms with Gasteiger partial charge in [-0.3, -0.25) is 0 Å². The average molecular weight is 617 g/mol. The lowest BCUT2D eigenvalue weighted by Crippen LogP contribution is -2.15. The summed E-state index contributed by atoms with van der Waals surface area (Å²) in [6, 6.07) is 0. The van der Waals surface area contributed by atoms with E-state index in [1.807, 2.05) is 6.92 Å². The molecule has 0 heterocycles. The van der Waals surface area contributed by atoms with Crippen LogP contribution in [0, 0.1) is 0 Å². The fourth-order valence-corrected chi connectivity index (χ4v) is 2.93. The van der Waals surface area contributed by atoms with Crippen LogP contribution in [0.4, 0.5) is 0 Å². The van der Waals surface area contributed by atoms with E-state index in [-0.39, 0.29) is 0 Å². The van der Waals surface area contributed by atoms with Gasteiger partial charge in [-0.1, -0.05) is 6.92 Å². The highest BCUT2D eigenvalue weighted by atomic mass is 16.6. The molecule has 0 spiro atoms. The highest BCUT2D eigenvalue weighted by Gasteiger charge is 1.96. The van der Waals surface area contributed by atoms with Gasteiger partial charge in [0.15, 0.2) is 0 Å². The molecule has 42 heavy (non-hydrogen) atoms. The molecule has 0 fully saturated rings. The fraction of sp³-hybridized carbons (Fsp3) is 1.00. The maximum atomic E-state index is 5.47. The third kappa shape index (κ3) is 39.5. The molecule has 0 aromatic carbocycles. The summed E-state index contributed by atoms with van der Waals surface area (Å²) in [6.07, 6.45) is 1.03. The van der Waals surface area contributed by atoms with Gasteiger partial charge in [0.1, 0.15) is 0 Å². The molecule has 0 aromatic heterocycles. The van der Waals surface area contributed by atoms with Crippen LogP contribution in [0.1, 0.15) is 20.3 Å². The van der Waals surface area contributed by atoms with Crippen molar-refractivity contribution in [3.8, 4) is 0 Å². The molecule has 0 radical (unpaired) electrons. The van der Waals surface area contributed by atoms with Crippen LogP contribution in [0.15, 0.2) is 0 Å². The van der Waals surface area contributed by atoms with Gasteiger partial charge in [0.2, 0.25) is 0 Å². The maximum absolute atomic E-state index is 5.47. The van der Waals surface area contributed by atoms with E-state index in [9.17, 15) is 0 Å². The van der Waals surface area contributed by atoms with E-state index in [4.69, 9.17) is 61.6 Å². The Balaban J connectivity index is 3.02. The maximum Gasteiger partial charge on any atom is 0.0701 e. The van der Waals surface area contributed by atoms with Gasteiger partial charge in [-0.25, -0.2) is 0 Å². The van der Waals surface area contributed by atoms with Crippen LogP contribution in [0.3, 0.4) is 0 Å². The van der Waals surface area contributed by atoms with Crippen molar-refractivity contribution in [3.63, 3.8) is 0 Å². The van der Waals surface area contributed by atoms with Crippen LogP contribution in [0.25, 0.3) is 0 Å². The largest absolute Gasteiger partial charge is 0.379 e. The number of hydrogen-bond donors (Lipinski definition) is 0. The van der Waals surface area contributed by atoms with Gasteiger partial charge < -0.3 is 61.6 Å². The molecule has 0 rings (SSSR count). The standard InChI is InChI=1S/C29H60O13/c1-3-5-31-8-9-33-12-13-35-16-17-37-20-21-39-24-25-41-28-29-42-27-26-40-23-22-38-19-18-36-15-14-34-11-10-32-7-6-30-4-2/h3-29H2,1-2H3. The first-order valence-electron chi connectivity index (χ1n) is 15.4. The fourth-order valence-electron chi connectivity index (χ4n) is 2.93. The second kappa shape index (κ2) is 40.5. The van der Waals surface area contributed by atoms with Crippen LogP contribution in [-0.4, -0.2) is 172 Å². The van der Waals surface area contributed by atoms with Gasteiger partial charge in [-0.05, 0) is 13.3 Å². The zero-order valence-electron chi connectivity index (χ0n) is 26.4. The minimum atomic E-state index is 0.516. The Morgan fingerprint density at radius 3 is 0.476 bits per heavy atom. The Labute approximate surface area is 253 Å². The molecule has 254 valence electrons. The van der Waals surface area contributed by atoms with Crippen LogP contribution in [-0.2, 0) is 61.6 Å². The quantitative estimate of drug-likeness (QED) is 0.0932. The molecule has 13 heteroatoms. The Morgan fingerprint density at radius 2 is 0.333 bits per heavy atom. The Bertz CT molecular complexity index is 423. The van der Waals surface area contributed by atoms with E-state index in [2.05, 4.69) is 6.92 Å². The topological polar surface area (TPSA) is 120 Å². The molecule has 0 aliphatic carbocycles. The molecule has 0 saturated heterocycles. The molecular weight excluding hydrogens is 556 g/mol. The second-order valence-electron chi connectivity index (χ2n) is 8.55. The van der Waals surface area contributed by atoms with Gasteiger partial charge in [0.25, 0.3) is 0 Å². The van der Waals surface area contributed by atoms with E-state index in [1.54, 1.807) is 0 Å². The normalized spacial score (nSPS) is 11.6. The van der Waals surface area contributed by atoms with E-state index >= 15 is 0 Å². The van der Waals surface area contributed by atoms with Crippen molar-refractivity contribution in [2.45, 2.75) is 20.3 Å². The third-order valence-corrected chi connectivity index (χ3v) is 5.02. The third-order valence-electron chi connectivity index (χ3n) is 5.02. The highest BCUT2D eigenvalue weighted by molar-refractivity contribution is 4.39. The smallest absolute Gasteiger partial charge is 0.0701 e. The summed E-state index contributed by atoms with van der Waals surface area (Å²) >= 11 is 0. The van der Waals surface area contributed by atoms with Gasteiger partial charge in [-0.2, -0.15) is 0 Å². The SMILES string of the molecule is CCCOCCOCCOCCOCCOCCOCCOCCOCCOCCOCCOCCOCCOCC. The van der Waals surface area contributed by atoms with Crippen LogP contribution in [0.5, 0.6) is 0 Å². The Morgan fingerprint density at radius 1 is 0.190 bits per heavy atom. The van der Waals surface area contributed by atoms with Crippen LogP contribution in [0.2, 0.25) is 0 Å². The first-order valence-corrected chi connectivity index (χ1v) is 15.4. The average Bonchev–Trinajstić information content (AvgIpc) is 3.00. The van der Waals surface area contributed by atoms with Gasteiger partial charge >= 0.3 is 0 Å². The predicted molar refractivity (Wildman–Crippen MR) is 157 cm³/mol. The molecule has 0 aromatic rings. The molecule has 0 unspecified atom stereocenters. The molecule has 0 N–H and O–H groups in total. The zero-order valence-corrected chi connectivity index (χ0v) is 26.4. The minimum absolute atomic E-state index is 0.516. The lowest BCUT2D eigenvalue weighted by Gasteiger charge is -2.09. The molecule has 0 aliphatic rings. The Hall–Kier alpha value is -0.520. The lowest BCUT2D eigenvalue weighted by atomic mass is 10.5. The van der Waals surface area contributed by atoms with Crippen molar-refractivity contribution < 1.29 is 61.6 Å². The monoisotopic (exact) mass is 616 g/mol. The molecule has 0 amide bonds. The predicted octanol–water partition coefficient (Wildman–Crippen LogP) is 1.63. The molecule has 13 nitrogen and oxygen atoms in total. The lowest BCUT2D eigenvalue weighted by molar-refractivity contribution is -0.0289. The van der Waals surface area contributed by atoms with Gasteiger partial charge in [0.05, 0.1) is 159 Å². The summed E-state index contributed by atoms with van der Waals surface area (Å²) < 4.78 is 70.4. The summed E-state index contributed by atoms with van der Waals surface area (Å²) in [6.45, 7) is 18.6. The van der Waals surface area contributed by atoms with Gasteiger partial charge in [-0.15, -0.1) is 0 Å². The van der Waals surface area contributed by atoms with Crippen molar-refractivity contribution in [1.29, 1.82) is 0 Å². The van der Waals surface area contributed by atoms with Crippen molar-refractivity contribution in [2.24, 2.45) is 0 Å². The van der Waals surface area contributed by atoms with E-state index in [1.165, 1.54) is 0 Å². The van der Waals surface area contributed by atoms with E-state index < -0.39 is 0 Å². The number of hydrogen-bond acceptors (Lipinski definition) is 13. The molecular formula is C29H60O13. The summed E-state index contributed by atoms with van der Waals surface area (Å²) in [5.41, 5.74) is 0. The van der Waals surface area contributed by atoms with Gasteiger partial charge in [0, 0.05) is 13.2 Å². The van der Waals surface area contributed by atoms with Crippen molar-refractivity contribution >= 4 is 0 Å². The van der Waals surface area contributed by atoms with E-state index in [0.29, 0.717) is 165 Å². The Kier molecular flexibility index (Phi) is 40.0. The van der Waals surface area contributed by atoms with Crippen LogP contribution < -0.4 is 0 Å². The second-order valence-corrected chi connectivity index (χ2v) is 8.55. The highest BCUT2D eigenvalue weighted by Crippen LogP contribution is 1.88. The summed E-state index contributed by atoms with van der Waals surface area (Å²) in [4.78, 5) is 0. The van der Waals surface area contributed by atoms with E-state index in [0.717, 1.165) is 13.0 Å². The number of rotatable bonds is 39. The first kappa shape index (κ1) is 41.5. The first-order chi connectivity index (χ1) is 20.9. The summed E-state index contributed by atoms with van der Waals surface area (Å²) in [7, 11) is 0. The summed E-state index contributed by atoms with van der Waals surface area (Å²) in [5, 5.41) is 0. The zero-order chi connectivity index (χ0) is 30.3. The summed E-state index contributed by atoms with van der Waals surface area (Å²) in [5.74, 6) is 0. The van der Waals surface area contributed by atoms with Crippen molar-refractivity contribution in [1.82, 2.24) is 0 Å². The molecule has 0 atom stereocenters.